The van der Waals surface area contributed by atoms with Crippen LogP contribution in [0.1, 0.15) is 24.7 Å². The fourth-order valence-electron chi connectivity index (χ4n) is 3.32. The van der Waals surface area contributed by atoms with Crippen molar-refractivity contribution in [2.75, 3.05) is 12.3 Å². The van der Waals surface area contributed by atoms with Crippen LogP contribution in [0.5, 0.6) is 0 Å². The van der Waals surface area contributed by atoms with E-state index in [-0.39, 0.29) is 11.9 Å². The van der Waals surface area contributed by atoms with E-state index in [1.807, 2.05) is 29.2 Å². The topological polar surface area (TPSA) is 49.0 Å². The summed E-state index contributed by atoms with van der Waals surface area (Å²) in [4.78, 5) is 23.5. The smallest absolute Gasteiger partial charge is 0.233 e. The van der Waals surface area contributed by atoms with E-state index in [0.29, 0.717) is 15.8 Å². The molecule has 1 saturated heterocycles. The van der Waals surface area contributed by atoms with Gasteiger partial charge in [0.25, 0.3) is 0 Å². The summed E-state index contributed by atoms with van der Waals surface area (Å²) < 4.78 is 0. The number of carbonyl (C=O) groups excluding carboxylic acids is 1. The standard InChI is InChI=1S/C19H17Cl2N3OS/c20-12-5-3-6-13(21)18(12)26-11-17(25)24-10-4-9-16(24)19-22-14-7-1-2-8-15(14)23-19/h1-3,5-8,16H,4,9-11H2,(H,22,23). The number of likely N-dealkylation sites (tertiary alicyclic amines) is 1. The predicted molar refractivity (Wildman–Crippen MR) is 107 cm³/mol. The number of carbonyl (C=O) groups is 1. The number of aromatic amines is 1. The normalized spacial score (nSPS) is 17.2. The number of hydrogen-bond acceptors (Lipinski definition) is 3. The number of halogens is 2. The molecule has 1 unspecified atom stereocenters. The van der Waals surface area contributed by atoms with Crippen LogP contribution < -0.4 is 0 Å². The van der Waals surface area contributed by atoms with E-state index in [1.54, 1.807) is 18.2 Å². The maximum atomic E-state index is 12.8. The highest BCUT2D eigenvalue weighted by atomic mass is 35.5. The van der Waals surface area contributed by atoms with Crippen LogP contribution in [0.15, 0.2) is 47.4 Å². The number of amides is 1. The maximum absolute atomic E-state index is 12.8. The Kier molecular flexibility index (Phi) is 5.11. The van der Waals surface area contributed by atoms with Gasteiger partial charge < -0.3 is 9.88 Å². The number of rotatable bonds is 4. The number of H-pyrrole nitrogens is 1. The van der Waals surface area contributed by atoms with Crippen molar-refractivity contribution in [2.45, 2.75) is 23.8 Å². The molecule has 1 fully saturated rings. The maximum Gasteiger partial charge on any atom is 0.233 e. The summed E-state index contributed by atoms with van der Waals surface area (Å²) in [5.41, 5.74) is 1.93. The van der Waals surface area contributed by atoms with Crippen LogP contribution in [-0.4, -0.2) is 33.1 Å². The first-order valence-corrected chi connectivity index (χ1v) is 10.2. The first kappa shape index (κ1) is 17.7. The highest BCUT2D eigenvalue weighted by molar-refractivity contribution is 8.00. The summed E-state index contributed by atoms with van der Waals surface area (Å²) in [6, 6.07) is 13.3. The molecule has 4 rings (SSSR count). The number of nitrogens with zero attached hydrogens (tertiary/aromatic N) is 2. The zero-order chi connectivity index (χ0) is 18.1. The number of nitrogens with one attached hydrogen (secondary N) is 1. The minimum atomic E-state index is -0.00258. The van der Waals surface area contributed by atoms with Gasteiger partial charge in [0.1, 0.15) is 5.82 Å². The molecule has 0 spiro atoms. The molecule has 26 heavy (non-hydrogen) atoms. The molecule has 134 valence electrons. The second-order valence-corrected chi connectivity index (χ2v) is 8.02. The Labute approximate surface area is 165 Å². The second kappa shape index (κ2) is 7.51. The summed E-state index contributed by atoms with van der Waals surface area (Å²) in [7, 11) is 0. The Balaban J connectivity index is 1.50. The van der Waals surface area contributed by atoms with Gasteiger partial charge in [0.2, 0.25) is 5.91 Å². The van der Waals surface area contributed by atoms with Crippen LogP contribution in [0.4, 0.5) is 0 Å². The van der Waals surface area contributed by atoms with Crippen molar-refractivity contribution in [3.8, 4) is 0 Å². The van der Waals surface area contributed by atoms with Crippen LogP contribution in [0.2, 0.25) is 10.0 Å². The van der Waals surface area contributed by atoms with Gasteiger partial charge in [-0.15, -0.1) is 11.8 Å². The van der Waals surface area contributed by atoms with Gasteiger partial charge in [0, 0.05) is 11.4 Å². The summed E-state index contributed by atoms with van der Waals surface area (Å²) in [6.07, 6.45) is 1.90. The number of aromatic nitrogens is 2. The lowest BCUT2D eigenvalue weighted by Gasteiger charge is -2.23. The summed E-state index contributed by atoms with van der Waals surface area (Å²) >= 11 is 13.8. The Morgan fingerprint density at radius 2 is 1.96 bits per heavy atom. The number of hydrogen-bond donors (Lipinski definition) is 1. The molecular formula is C19H17Cl2N3OS. The van der Waals surface area contributed by atoms with Gasteiger partial charge in [-0.3, -0.25) is 4.79 Å². The SMILES string of the molecule is O=C(CSc1c(Cl)cccc1Cl)N1CCCC1c1nc2ccccc2[nH]1. The fourth-order valence-corrected chi connectivity index (χ4v) is 4.89. The van der Waals surface area contributed by atoms with Gasteiger partial charge >= 0.3 is 0 Å². The molecule has 0 radical (unpaired) electrons. The van der Waals surface area contributed by atoms with Gasteiger partial charge in [0.15, 0.2) is 0 Å². The summed E-state index contributed by atoms with van der Waals surface area (Å²) in [6.45, 7) is 0.747. The molecule has 2 heterocycles. The van der Waals surface area contributed by atoms with Crippen molar-refractivity contribution in [3.05, 3.63) is 58.3 Å². The monoisotopic (exact) mass is 405 g/mol. The summed E-state index contributed by atoms with van der Waals surface area (Å²) in [5, 5.41) is 1.15. The molecule has 2 aromatic carbocycles. The Hall–Kier alpha value is -1.69. The van der Waals surface area contributed by atoms with E-state index in [0.717, 1.165) is 41.1 Å². The van der Waals surface area contributed by atoms with Crippen molar-refractivity contribution in [1.82, 2.24) is 14.9 Å². The minimum Gasteiger partial charge on any atom is -0.340 e. The fraction of sp³-hybridized carbons (Fsp3) is 0.263. The predicted octanol–water partition coefficient (Wildman–Crippen LogP) is 5.33. The van der Waals surface area contributed by atoms with E-state index in [9.17, 15) is 4.79 Å². The highest BCUT2D eigenvalue weighted by Crippen LogP contribution is 2.36. The molecule has 3 aromatic rings. The molecule has 1 N–H and O–H groups in total. The number of thioether (sulfide) groups is 1. The van der Waals surface area contributed by atoms with Crippen molar-refractivity contribution < 1.29 is 4.79 Å². The average molecular weight is 406 g/mol. The van der Waals surface area contributed by atoms with Gasteiger partial charge in [-0.2, -0.15) is 0 Å². The van der Waals surface area contributed by atoms with Gasteiger partial charge in [0.05, 0.1) is 32.9 Å². The van der Waals surface area contributed by atoms with Crippen molar-refractivity contribution in [3.63, 3.8) is 0 Å². The molecule has 1 aromatic heterocycles. The summed E-state index contributed by atoms with van der Waals surface area (Å²) in [5.74, 6) is 1.24. The van der Waals surface area contributed by atoms with Crippen LogP contribution in [0.25, 0.3) is 11.0 Å². The third-order valence-corrected chi connectivity index (χ3v) is 6.53. The number of benzene rings is 2. The lowest BCUT2D eigenvalue weighted by molar-refractivity contribution is -0.129. The molecule has 0 bridgehead atoms. The zero-order valence-electron chi connectivity index (χ0n) is 13.9. The minimum absolute atomic E-state index is 0.00258. The first-order valence-electron chi connectivity index (χ1n) is 8.44. The first-order chi connectivity index (χ1) is 12.6. The zero-order valence-corrected chi connectivity index (χ0v) is 16.2. The third-order valence-electron chi connectivity index (χ3n) is 4.56. The van der Waals surface area contributed by atoms with Crippen molar-refractivity contribution >= 4 is 51.9 Å². The Morgan fingerprint density at radius 3 is 2.73 bits per heavy atom. The largest absolute Gasteiger partial charge is 0.340 e. The molecule has 0 saturated carbocycles. The Bertz CT molecular complexity index is 906. The molecule has 7 heteroatoms. The second-order valence-electron chi connectivity index (χ2n) is 6.22. The van der Waals surface area contributed by atoms with E-state index in [2.05, 4.69) is 9.97 Å². The number of fused-ring (bicyclic) bond motifs is 1. The quantitative estimate of drug-likeness (QED) is 0.596. The molecule has 1 aliphatic rings. The van der Waals surface area contributed by atoms with Crippen molar-refractivity contribution in [1.29, 1.82) is 0 Å². The van der Waals surface area contributed by atoms with E-state index in [1.165, 1.54) is 11.8 Å². The van der Waals surface area contributed by atoms with Gasteiger partial charge in [-0.1, -0.05) is 41.4 Å². The number of para-hydroxylation sites is 2. The Morgan fingerprint density at radius 1 is 1.19 bits per heavy atom. The van der Waals surface area contributed by atoms with Gasteiger partial charge in [-0.05, 0) is 37.1 Å². The van der Waals surface area contributed by atoms with Crippen LogP contribution in [0.3, 0.4) is 0 Å². The molecule has 1 amide bonds. The third kappa shape index (κ3) is 3.43. The lowest BCUT2D eigenvalue weighted by atomic mass is 10.2. The van der Waals surface area contributed by atoms with Crippen LogP contribution in [0, 0.1) is 0 Å². The van der Waals surface area contributed by atoms with Crippen LogP contribution in [-0.2, 0) is 4.79 Å². The van der Waals surface area contributed by atoms with Gasteiger partial charge in [-0.25, -0.2) is 4.98 Å². The van der Waals surface area contributed by atoms with E-state index >= 15 is 0 Å². The molecule has 4 nitrogen and oxygen atoms in total. The molecular weight excluding hydrogens is 389 g/mol. The molecule has 0 aliphatic carbocycles. The average Bonchev–Trinajstić information content (AvgIpc) is 3.27. The molecule has 1 atom stereocenters. The van der Waals surface area contributed by atoms with Crippen molar-refractivity contribution in [2.24, 2.45) is 0 Å². The van der Waals surface area contributed by atoms with E-state index < -0.39 is 0 Å². The van der Waals surface area contributed by atoms with Crippen LogP contribution >= 0.6 is 35.0 Å². The highest BCUT2D eigenvalue weighted by Gasteiger charge is 2.32. The lowest BCUT2D eigenvalue weighted by Crippen LogP contribution is -2.32. The molecule has 1 aliphatic heterocycles. The number of imidazole rings is 1. The van der Waals surface area contributed by atoms with E-state index in [4.69, 9.17) is 23.2 Å².